The molecule has 0 aliphatic heterocycles. The Morgan fingerprint density at radius 3 is 2.57 bits per heavy atom. The van der Waals surface area contributed by atoms with Crippen molar-refractivity contribution in [2.45, 2.75) is 20.3 Å². The van der Waals surface area contributed by atoms with Gasteiger partial charge in [-0.15, -0.1) is 11.3 Å². The second kappa shape index (κ2) is 3.93. The fourth-order valence-electron chi connectivity index (χ4n) is 1.52. The Labute approximate surface area is 88.4 Å². The molecule has 0 fully saturated rings. The van der Waals surface area contributed by atoms with Gasteiger partial charge in [0.1, 0.15) is 0 Å². The molecule has 2 rings (SSSR count). The molecule has 0 aliphatic rings. The summed E-state index contributed by atoms with van der Waals surface area (Å²) < 4.78 is 0. The Hall–Kier alpha value is -1.15. The summed E-state index contributed by atoms with van der Waals surface area (Å²) in [6.45, 7) is 4.22. The molecule has 2 aromatic rings. The summed E-state index contributed by atoms with van der Waals surface area (Å²) in [7, 11) is 0. The molecule has 0 N–H and O–H groups in total. The number of benzene rings is 1. The monoisotopic (exact) mass is 203 g/mol. The maximum Gasteiger partial charge on any atom is 0.0903 e. The molecule has 0 bridgehead atoms. The van der Waals surface area contributed by atoms with E-state index >= 15 is 0 Å². The zero-order valence-electron chi connectivity index (χ0n) is 8.45. The van der Waals surface area contributed by atoms with Gasteiger partial charge in [-0.2, -0.15) is 0 Å². The van der Waals surface area contributed by atoms with E-state index in [2.05, 4.69) is 43.1 Å². The van der Waals surface area contributed by atoms with Crippen molar-refractivity contribution in [2.24, 2.45) is 0 Å². The van der Waals surface area contributed by atoms with Crippen LogP contribution < -0.4 is 0 Å². The minimum Gasteiger partial charge on any atom is -0.246 e. The van der Waals surface area contributed by atoms with Crippen molar-refractivity contribution in [3.05, 3.63) is 41.0 Å². The van der Waals surface area contributed by atoms with Crippen LogP contribution in [0.15, 0.2) is 30.3 Å². The van der Waals surface area contributed by atoms with Crippen LogP contribution in [0.1, 0.15) is 17.6 Å². The smallest absolute Gasteiger partial charge is 0.0903 e. The molecule has 0 aliphatic carbocycles. The Balaban J connectivity index is 2.51. The highest BCUT2D eigenvalue weighted by Crippen LogP contribution is 2.29. The largest absolute Gasteiger partial charge is 0.246 e. The maximum atomic E-state index is 4.52. The van der Waals surface area contributed by atoms with E-state index in [4.69, 9.17) is 0 Å². The quantitative estimate of drug-likeness (QED) is 0.725. The Morgan fingerprint density at radius 1 is 1.21 bits per heavy atom. The number of thiazole rings is 1. The molecule has 0 radical (unpaired) electrons. The van der Waals surface area contributed by atoms with Crippen molar-refractivity contribution in [3.8, 4) is 10.4 Å². The fraction of sp³-hybridized carbons (Fsp3) is 0.250. The van der Waals surface area contributed by atoms with Gasteiger partial charge < -0.3 is 0 Å². The summed E-state index contributed by atoms with van der Waals surface area (Å²) in [5.41, 5.74) is 2.51. The number of aromatic nitrogens is 1. The molecule has 0 saturated carbocycles. The minimum absolute atomic E-state index is 1.01. The summed E-state index contributed by atoms with van der Waals surface area (Å²) in [5, 5.41) is 1.15. The predicted octanol–water partition coefficient (Wildman–Crippen LogP) is 3.68. The molecule has 1 aromatic carbocycles. The van der Waals surface area contributed by atoms with Gasteiger partial charge in [-0.1, -0.05) is 37.3 Å². The SMILES string of the molecule is CCc1nc(C)sc1-c1ccccc1. The highest BCUT2D eigenvalue weighted by atomic mass is 32.1. The Morgan fingerprint density at radius 2 is 1.93 bits per heavy atom. The molecule has 2 heteroatoms. The second-order valence-corrected chi connectivity index (χ2v) is 4.43. The van der Waals surface area contributed by atoms with Gasteiger partial charge in [0.25, 0.3) is 0 Å². The first-order valence-corrected chi connectivity index (χ1v) is 5.64. The molecular weight excluding hydrogens is 190 g/mol. The van der Waals surface area contributed by atoms with E-state index in [-0.39, 0.29) is 0 Å². The van der Waals surface area contributed by atoms with Gasteiger partial charge in [0.15, 0.2) is 0 Å². The standard InChI is InChI=1S/C12H13NS/c1-3-11-12(14-9(2)13-11)10-7-5-4-6-8-10/h4-8H,3H2,1-2H3. The third kappa shape index (κ3) is 1.70. The van der Waals surface area contributed by atoms with Crippen LogP contribution in [0.25, 0.3) is 10.4 Å². The lowest BCUT2D eigenvalue weighted by atomic mass is 10.1. The molecule has 1 heterocycles. The van der Waals surface area contributed by atoms with Gasteiger partial charge in [0.2, 0.25) is 0 Å². The third-order valence-corrected chi connectivity index (χ3v) is 3.24. The number of aryl methyl sites for hydroxylation is 2. The van der Waals surface area contributed by atoms with E-state index in [0.29, 0.717) is 0 Å². The zero-order valence-corrected chi connectivity index (χ0v) is 9.27. The summed E-state index contributed by atoms with van der Waals surface area (Å²) in [6.07, 6.45) is 1.01. The average molecular weight is 203 g/mol. The van der Waals surface area contributed by atoms with Crippen LogP contribution in [-0.2, 0) is 6.42 Å². The van der Waals surface area contributed by atoms with Crippen LogP contribution in [0.2, 0.25) is 0 Å². The lowest BCUT2D eigenvalue weighted by Crippen LogP contribution is -1.83. The molecule has 1 aromatic heterocycles. The van der Waals surface area contributed by atoms with Gasteiger partial charge in [0.05, 0.1) is 15.6 Å². The maximum absolute atomic E-state index is 4.52. The van der Waals surface area contributed by atoms with Crippen LogP contribution in [0.4, 0.5) is 0 Å². The van der Waals surface area contributed by atoms with E-state index in [9.17, 15) is 0 Å². The molecule has 1 nitrogen and oxygen atoms in total. The van der Waals surface area contributed by atoms with Gasteiger partial charge in [-0.05, 0) is 18.9 Å². The van der Waals surface area contributed by atoms with Crippen molar-refractivity contribution >= 4 is 11.3 Å². The summed E-state index contributed by atoms with van der Waals surface area (Å²) in [5.74, 6) is 0. The molecule has 72 valence electrons. The van der Waals surface area contributed by atoms with E-state index in [1.807, 2.05) is 6.07 Å². The van der Waals surface area contributed by atoms with Crippen LogP contribution in [-0.4, -0.2) is 4.98 Å². The molecule has 0 saturated heterocycles. The van der Waals surface area contributed by atoms with Gasteiger partial charge in [-0.25, -0.2) is 4.98 Å². The van der Waals surface area contributed by atoms with Gasteiger partial charge in [0, 0.05) is 0 Å². The number of nitrogens with zero attached hydrogens (tertiary/aromatic N) is 1. The third-order valence-electron chi connectivity index (χ3n) is 2.18. The van der Waals surface area contributed by atoms with Crippen molar-refractivity contribution < 1.29 is 0 Å². The molecular formula is C12H13NS. The lowest BCUT2D eigenvalue weighted by molar-refractivity contribution is 1.05. The van der Waals surface area contributed by atoms with Crippen molar-refractivity contribution in [1.82, 2.24) is 4.98 Å². The first-order chi connectivity index (χ1) is 6.81. The molecule has 0 unspecified atom stereocenters. The van der Waals surface area contributed by atoms with Crippen molar-refractivity contribution in [2.75, 3.05) is 0 Å². The summed E-state index contributed by atoms with van der Waals surface area (Å²) in [6, 6.07) is 10.5. The minimum atomic E-state index is 1.01. The summed E-state index contributed by atoms with van der Waals surface area (Å²) in [4.78, 5) is 5.85. The number of rotatable bonds is 2. The van der Waals surface area contributed by atoms with E-state index < -0.39 is 0 Å². The van der Waals surface area contributed by atoms with Crippen molar-refractivity contribution in [3.63, 3.8) is 0 Å². The molecule has 0 amide bonds. The Kier molecular flexibility index (Phi) is 2.64. The fourth-order valence-corrected chi connectivity index (χ4v) is 2.54. The predicted molar refractivity (Wildman–Crippen MR) is 61.7 cm³/mol. The Bertz CT molecular complexity index is 417. The molecule has 0 spiro atoms. The lowest BCUT2D eigenvalue weighted by Gasteiger charge is -1.98. The van der Waals surface area contributed by atoms with Crippen LogP contribution in [0, 0.1) is 6.92 Å². The number of hydrogen-bond acceptors (Lipinski definition) is 2. The second-order valence-electron chi connectivity index (χ2n) is 3.23. The zero-order chi connectivity index (χ0) is 9.97. The molecule has 0 atom stereocenters. The topological polar surface area (TPSA) is 12.9 Å². The van der Waals surface area contributed by atoms with E-state index in [0.717, 1.165) is 11.4 Å². The van der Waals surface area contributed by atoms with Crippen LogP contribution in [0.5, 0.6) is 0 Å². The number of hydrogen-bond donors (Lipinski definition) is 0. The summed E-state index contributed by atoms with van der Waals surface area (Å²) >= 11 is 1.78. The van der Waals surface area contributed by atoms with E-state index in [1.54, 1.807) is 11.3 Å². The highest BCUT2D eigenvalue weighted by Gasteiger charge is 2.08. The normalized spacial score (nSPS) is 10.4. The first-order valence-electron chi connectivity index (χ1n) is 4.83. The first kappa shape index (κ1) is 9.41. The van der Waals surface area contributed by atoms with Crippen LogP contribution >= 0.6 is 11.3 Å². The van der Waals surface area contributed by atoms with Gasteiger partial charge in [-0.3, -0.25) is 0 Å². The van der Waals surface area contributed by atoms with Crippen LogP contribution in [0.3, 0.4) is 0 Å². The van der Waals surface area contributed by atoms with Gasteiger partial charge >= 0.3 is 0 Å². The average Bonchev–Trinajstić information content (AvgIpc) is 2.61. The highest BCUT2D eigenvalue weighted by molar-refractivity contribution is 7.15. The molecule has 14 heavy (non-hydrogen) atoms. The van der Waals surface area contributed by atoms with E-state index in [1.165, 1.54) is 16.1 Å². The van der Waals surface area contributed by atoms with Crippen molar-refractivity contribution in [1.29, 1.82) is 0 Å².